The first-order chi connectivity index (χ1) is 16.1. The molecule has 0 radical (unpaired) electrons. The van der Waals surface area contributed by atoms with Gasteiger partial charge >= 0.3 is 6.36 Å². The third-order valence-corrected chi connectivity index (χ3v) is 5.53. The number of ether oxygens (including phenoxy) is 1. The monoisotopic (exact) mass is 495 g/mol. The molecule has 0 aliphatic carbocycles. The van der Waals surface area contributed by atoms with Crippen LogP contribution in [-0.4, -0.2) is 64.8 Å². The molecule has 180 valence electrons. The molecule has 3 aromatic rings. The number of alkyl halides is 3. The summed E-state index contributed by atoms with van der Waals surface area (Å²) in [5.74, 6) is -0.0776. The van der Waals surface area contributed by atoms with Gasteiger partial charge in [0.1, 0.15) is 11.6 Å². The quantitative estimate of drug-likeness (QED) is 0.546. The van der Waals surface area contributed by atoms with Gasteiger partial charge in [0.25, 0.3) is 5.56 Å². The normalized spacial score (nSPS) is 15.4. The Balaban J connectivity index is 1.26. The molecule has 1 fully saturated rings. The van der Waals surface area contributed by atoms with Crippen molar-refractivity contribution in [1.82, 2.24) is 19.8 Å². The van der Waals surface area contributed by atoms with Gasteiger partial charge in [-0.25, -0.2) is 4.98 Å². The van der Waals surface area contributed by atoms with Crippen LogP contribution < -0.4 is 15.6 Å². The molecule has 0 bridgehead atoms. The number of carbonyl (C=O) groups is 1. The molecule has 12 heteroatoms. The topological polar surface area (TPSA) is 90.6 Å². The maximum Gasteiger partial charge on any atom is 0.573 e. The van der Waals surface area contributed by atoms with Gasteiger partial charge < -0.3 is 15.0 Å². The first-order valence-corrected chi connectivity index (χ1v) is 10.8. The maximum atomic E-state index is 12.3. The Bertz CT molecular complexity index is 1230. The molecule has 34 heavy (non-hydrogen) atoms. The summed E-state index contributed by atoms with van der Waals surface area (Å²) < 4.78 is 40.5. The number of halogens is 4. The molecule has 1 aromatic heterocycles. The number of hydrogen-bond donors (Lipinski definition) is 2. The van der Waals surface area contributed by atoms with Crippen LogP contribution >= 0.6 is 11.6 Å². The van der Waals surface area contributed by atoms with Crippen molar-refractivity contribution in [3.05, 3.63) is 63.7 Å². The zero-order valence-corrected chi connectivity index (χ0v) is 18.6. The van der Waals surface area contributed by atoms with Crippen LogP contribution in [0.5, 0.6) is 5.75 Å². The number of nitrogens with one attached hydrogen (secondary N) is 2. The molecule has 1 aliphatic rings. The van der Waals surface area contributed by atoms with Gasteiger partial charge in [-0.2, -0.15) is 0 Å². The van der Waals surface area contributed by atoms with Crippen molar-refractivity contribution in [3.63, 3.8) is 0 Å². The highest BCUT2D eigenvalue weighted by molar-refractivity contribution is 6.31. The maximum absolute atomic E-state index is 12.3. The molecular weight excluding hydrogens is 475 g/mol. The molecule has 0 atom stereocenters. The number of benzene rings is 2. The van der Waals surface area contributed by atoms with Crippen LogP contribution in [0, 0.1) is 0 Å². The number of nitrogens with zero attached hydrogens (tertiary/aromatic N) is 3. The van der Waals surface area contributed by atoms with Crippen molar-refractivity contribution in [1.29, 1.82) is 0 Å². The number of aromatic amines is 1. The Morgan fingerprint density at radius 1 is 1.09 bits per heavy atom. The highest BCUT2D eigenvalue weighted by Gasteiger charge is 2.31. The van der Waals surface area contributed by atoms with E-state index in [2.05, 4.69) is 24.9 Å². The van der Waals surface area contributed by atoms with Crippen molar-refractivity contribution in [3.8, 4) is 5.75 Å². The number of fused-ring (bicyclic) bond motifs is 1. The van der Waals surface area contributed by atoms with Crippen LogP contribution in [0.1, 0.15) is 5.82 Å². The summed E-state index contributed by atoms with van der Waals surface area (Å²) in [6.07, 6.45) is -4.76. The molecule has 1 amide bonds. The number of anilines is 1. The Labute approximate surface area is 197 Å². The van der Waals surface area contributed by atoms with E-state index in [0.29, 0.717) is 60.2 Å². The Hall–Kier alpha value is -3.15. The van der Waals surface area contributed by atoms with Crippen LogP contribution in [0.15, 0.2) is 47.3 Å². The van der Waals surface area contributed by atoms with Crippen LogP contribution in [0.25, 0.3) is 10.9 Å². The minimum absolute atomic E-state index is 0.151. The second kappa shape index (κ2) is 10.00. The fourth-order valence-corrected chi connectivity index (χ4v) is 3.86. The number of rotatable bonds is 6. The summed E-state index contributed by atoms with van der Waals surface area (Å²) in [5.41, 5.74) is 0.703. The molecule has 8 nitrogen and oxygen atoms in total. The largest absolute Gasteiger partial charge is 0.573 e. The van der Waals surface area contributed by atoms with E-state index in [4.69, 9.17) is 11.6 Å². The van der Waals surface area contributed by atoms with E-state index in [9.17, 15) is 22.8 Å². The molecule has 0 unspecified atom stereocenters. The first-order valence-electron chi connectivity index (χ1n) is 10.4. The fraction of sp³-hybridized carbons (Fsp3) is 0.318. The van der Waals surface area contributed by atoms with Gasteiger partial charge in [0.15, 0.2) is 0 Å². The SMILES string of the molecule is O=C(CN1CCN(Cc2nc3cc(Cl)ccc3c(=O)[nH]2)CC1)Nc1ccc(OC(F)(F)F)cc1. The highest BCUT2D eigenvalue weighted by atomic mass is 35.5. The van der Waals surface area contributed by atoms with E-state index in [1.54, 1.807) is 18.2 Å². The third kappa shape index (κ3) is 6.46. The summed E-state index contributed by atoms with van der Waals surface area (Å²) in [7, 11) is 0. The fourth-order valence-electron chi connectivity index (χ4n) is 3.70. The lowest BCUT2D eigenvalue weighted by atomic mass is 10.2. The minimum atomic E-state index is -4.76. The van der Waals surface area contributed by atoms with Crippen LogP contribution in [0.2, 0.25) is 5.02 Å². The van der Waals surface area contributed by atoms with Crippen molar-refractivity contribution in [2.24, 2.45) is 0 Å². The zero-order chi connectivity index (χ0) is 24.3. The van der Waals surface area contributed by atoms with E-state index in [0.717, 1.165) is 12.1 Å². The average molecular weight is 496 g/mol. The Morgan fingerprint density at radius 3 is 2.44 bits per heavy atom. The van der Waals surface area contributed by atoms with Crippen molar-refractivity contribution >= 4 is 34.1 Å². The van der Waals surface area contributed by atoms with Gasteiger partial charge in [0.2, 0.25) is 5.91 Å². The molecule has 4 rings (SSSR count). The lowest BCUT2D eigenvalue weighted by Crippen LogP contribution is -2.48. The predicted molar refractivity (Wildman–Crippen MR) is 121 cm³/mol. The molecular formula is C22H21ClF3N5O3. The molecule has 2 aromatic carbocycles. The van der Waals surface area contributed by atoms with Gasteiger partial charge in [-0.3, -0.25) is 19.4 Å². The van der Waals surface area contributed by atoms with Crippen LogP contribution in [0.3, 0.4) is 0 Å². The Kier molecular flexibility index (Phi) is 7.05. The second-order valence-electron chi connectivity index (χ2n) is 7.85. The number of amides is 1. The van der Waals surface area contributed by atoms with Crippen LogP contribution in [-0.2, 0) is 11.3 Å². The van der Waals surface area contributed by atoms with Crippen LogP contribution in [0.4, 0.5) is 18.9 Å². The lowest BCUT2D eigenvalue weighted by Gasteiger charge is -2.33. The van der Waals surface area contributed by atoms with E-state index in [1.165, 1.54) is 12.1 Å². The number of aromatic nitrogens is 2. The third-order valence-electron chi connectivity index (χ3n) is 5.29. The standard InChI is InChI=1S/C22H21ClF3N5O3/c23-14-1-6-17-18(11-14)28-19(29-21(17)33)12-30-7-9-31(10-8-30)13-20(32)27-15-2-4-16(5-3-15)34-22(24,25)26/h1-6,11H,7-10,12-13H2,(H,27,32)(H,28,29,33). The summed E-state index contributed by atoms with van der Waals surface area (Å²) in [4.78, 5) is 36.0. The van der Waals surface area contributed by atoms with Gasteiger partial charge in [0.05, 0.1) is 24.0 Å². The van der Waals surface area contributed by atoms with Crippen molar-refractivity contribution in [2.75, 3.05) is 38.0 Å². The summed E-state index contributed by atoms with van der Waals surface area (Å²) in [5, 5.41) is 3.65. The Morgan fingerprint density at radius 2 is 1.76 bits per heavy atom. The van der Waals surface area contributed by atoms with Gasteiger partial charge in [-0.1, -0.05) is 11.6 Å². The van der Waals surface area contributed by atoms with Gasteiger partial charge in [0, 0.05) is 36.9 Å². The number of carbonyl (C=O) groups excluding carboxylic acids is 1. The van der Waals surface area contributed by atoms with E-state index in [1.807, 2.05) is 4.90 Å². The molecule has 0 spiro atoms. The molecule has 1 saturated heterocycles. The number of hydrogen-bond acceptors (Lipinski definition) is 6. The van der Waals surface area contributed by atoms with Crippen molar-refractivity contribution in [2.45, 2.75) is 12.9 Å². The minimum Gasteiger partial charge on any atom is -0.406 e. The average Bonchev–Trinajstić information content (AvgIpc) is 2.75. The zero-order valence-electron chi connectivity index (χ0n) is 17.9. The summed E-state index contributed by atoms with van der Waals surface area (Å²) in [6, 6.07) is 9.92. The number of piperazine rings is 1. The van der Waals surface area contributed by atoms with Gasteiger partial charge in [-0.05, 0) is 42.5 Å². The molecule has 2 N–H and O–H groups in total. The first kappa shape index (κ1) is 24.0. The molecule has 1 aliphatic heterocycles. The van der Waals surface area contributed by atoms with Crippen molar-refractivity contribution < 1.29 is 22.7 Å². The summed E-state index contributed by atoms with van der Waals surface area (Å²) in [6.45, 7) is 3.23. The van der Waals surface area contributed by atoms with E-state index < -0.39 is 6.36 Å². The molecule has 2 heterocycles. The number of H-pyrrole nitrogens is 1. The van der Waals surface area contributed by atoms with E-state index >= 15 is 0 Å². The lowest BCUT2D eigenvalue weighted by molar-refractivity contribution is -0.274. The van der Waals surface area contributed by atoms with E-state index in [-0.39, 0.29) is 23.8 Å². The highest BCUT2D eigenvalue weighted by Crippen LogP contribution is 2.24. The summed E-state index contributed by atoms with van der Waals surface area (Å²) >= 11 is 6.01. The van der Waals surface area contributed by atoms with Gasteiger partial charge in [-0.15, -0.1) is 13.2 Å². The predicted octanol–water partition coefficient (Wildman–Crippen LogP) is 3.23. The molecule has 0 saturated carbocycles. The smallest absolute Gasteiger partial charge is 0.406 e. The second-order valence-corrected chi connectivity index (χ2v) is 8.28.